The molecule has 0 aliphatic rings. The molecular formula is C17H15NO3S. The van der Waals surface area contributed by atoms with Gasteiger partial charge in [0.1, 0.15) is 0 Å². The molecule has 0 aliphatic heterocycles. The zero-order chi connectivity index (χ0) is 15.5. The standard InChI is InChI=1S/C17H15NO3S/c1-20-14-8-3-5-11-9-15(21-16(11)14)17(19)18-12-6-4-7-13(10-12)22-2/h3-10H,1-2H3,(H,18,19). The van der Waals surface area contributed by atoms with Crippen LogP contribution in [0, 0.1) is 0 Å². The van der Waals surface area contributed by atoms with E-state index < -0.39 is 0 Å². The van der Waals surface area contributed by atoms with Gasteiger partial charge < -0.3 is 14.5 Å². The van der Waals surface area contributed by atoms with Gasteiger partial charge in [-0.25, -0.2) is 0 Å². The van der Waals surface area contributed by atoms with Gasteiger partial charge in [0.15, 0.2) is 17.1 Å². The molecule has 5 heteroatoms. The van der Waals surface area contributed by atoms with Crippen molar-refractivity contribution in [3.63, 3.8) is 0 Å². The topological polar surface area (TPSA) is 51.5 Å². The first kappa shape index (κ1) is 14.5. The Labute approximate surface area is 132 Å². The van der Waals surface area contributed by atoms with Crippen LogP contribution in [-0.2, 0) is 0 Å². The van der Waals surface area contributed by atoms with Gasteiger partial charge in [0, 0.05) is 16.0 Å². The molecule has 0 unspecified atom stereocenters. The van der Waals surface area contributed by atoms with Crippen LogP contribution in [0.4, 0.5) is 5.69 Å². The largest absolute Gasteiger partial charge is 0.493 e. The fraction of sp³-hybridized carbons (Fsp3) is 0.118. The van der Waals surface area contributed by atoms with E-state index in [1.807, 2.05) is 42.7 Å². The number of para-hydroxylation sites is 1. The summed E-state index contributed by atoms with van der Waals surface area (Å²) in [6.07, 6.45) is 1.99. The van der Waals surface area contributed by atoms with Crippen LogP contribution in [-0.4, -0.2) is 19.3 Å². The van der Waals surface area contributed by atoms with Crippen LogP contribution < -0.4 is 10.1 Å². The number of hydrogen-bond donors (Lipinski definition) is 1. The number of hydrogen-bond acceptors (Lipinski definition) is 4. The molecular weight excluding hydrogens is 298 g/mol. The van der Waals surface area contributed by atoms with Crippen molar-refractivity contribution in [3.8, 4) is 5.75 Å². The quantitative estimate of drug-likeness (QED) is 0.725. The van der Waals surface area contributed by atoms with E-state index in [9.17, 15) is 4.79 Å². The summed E-state index contributed by atoms with van der Waals surface area (Å²) in [6.45, 7) is 0. The third-order valence-corrected chi connectivity index (χ3v) is 4.00. The van der Waals surface area contributed by atoms with E-state index in [1.54, 1.807) is 31.0 Å². The summed E-state index contributed by atoms with van der Waals surface area (Å²) in [6, 6.07) is 14.9. The van der Waals surface area contributed by atoms with E-state index in [1.165, 1.54) is 0 Å². The predicted molar refractivity (Wildman–Crippen MR) is 88.9 cm³/mol. The zero-order valence-corrected chi connectivity index (χ0v) is 13.1. The molecule has 4 nitrogen and oxygen atoms in total. The first-order valence-electron chi connectivity index (χ1n) is 6.73. The SMILES string of the molecule is COc1cccc2cc(C(=O)Nc3cccc(SC)c3)oc12. The normalized spacial score (nSPS) is 10.6. The molecule has 1 amide bonds. The third-order valence-electron chi connectivity index (χ3n) is 3.28. The summed E-state index contributed by atoms with van der Waals surface area (Å²) in [5.74, 6) is 0.589. The number of rotatable bonds is 4. The second kappa shape index (κ2) is 6.15. The molecule has 1 heterocycles. The number of carbonyl (C=O) groups is 1. The van der Waals surface area contributed by atoms with Crippen molar-refractivity contribution < 1.29 is 13.9 Å². The number of furan rings is 1. The molecule has 2 aromatic carbocycles. The highest BCUT2D eigenvalue weighted by atomic mass is 32.2. The molecule has 0 saturated carbocycles. The van der Waals surface area contributed by atoms with Gasteiger partial charge in [-0.05, 0) is 36.6 Å². The smallest absolute Gasteiger partial charge is 0.291 e. The van der Waals surface area contributed by atoms with E-state index >= 15 is 0 Å². The summed E-state index contributed by atoms with van der Waals surface area (Å²) >= 11 is 1.62. The molecule has 3 aromatic rings. The first-order valence-corrected chi connectivity index (χ1v) is 7.95. The molecule has 0 saturated heterocycles. The Hall–Kier alpha value is -2.40. The number of amides is 1. The lowest BCUT2D eigenvalue weighted by Gasteiger charge is -2.04. The molecule has 1 aromatic heterocycles. The van der Waals surface area contributed by atoms with Crippen molar-refractivity contribution in [2.45, 2.75) is 4.90 Å². The van der Waals surface area contributed by atoms with Crippen molar-refractivity contribution in [1.82, 2.24) is 0 Å². The number of nitrogens with one attached hydrogen (secondary N) is 1. The highest BCUT2D eigenvalue weighted by molar-refractivity contribution is 7.98. The zero-order valence-electron chi connectivity index (χ0n) is 12.3. The van der Waals surface area contributed by atoms with Gasteiger partial charge in [-0.3, -0.25) is 4.79 Å². The number of carbonyl (C=O) groups excluding carboxylic acids is 1. The van der Waals surface area contributed by atoms with Crippen molar-refractivity contribution in [2.24, 2.45) is 0 Å². The average molecular weight is 313 g/mol. The Balaban J connectivity index is 1.88. The Morgan fingerprint density at radius 2 is 2.00 bits per heavy atom. The minimum atomic E-state index is -0.281. The van der Waals surface area contributed by atoms with E-state index in [-0.39, 0.29) is 11.7 Å². The Morgan fingerprint density at radius 1 is 1.18 bits per heavy atom. The van der Waals surface area contributed by atoms with Crippen LogP contribution in [0.3, 0.4) is 0 Å². The summed E-state index contributed by atoms with van der Waals surface area (Å²) < 4.78 is 10.9. The maximum atomic E-state index is 12.3. The Kier molecular flexibility index (Phi) is 4.06. The second-order valence-electron chi connectivity index (χ2n) is 4.68. The minimum absolute atomic E-state index is 0.258. The molecule has 112 valence electrons. The number of anilines is 1. The monoisotopic (exact) mass is 313 g/mol. The van der Waals surface area contributed by atoms with Gasteiger partial charge in [-0.15, -0.1) is 11.8 Å². The lowest BCUT2D eigenvalue weighted by atomic mass is 10.2. The van der Waals surface area contributed by atoms with Crippen LogP contribution in [0.15, 0.2) is 57.8 Å². The highest BCUT2D eigenvalue weighted by Crippen LogP contribution is 2.29. The summed E-state index contributed by atoms with van der Waals surface area (Å²) in [5, 5.41) is 3.68. The van der Waals surface area contributed by atoms with Crippen LogP contribution >= 0.6 is 11.8 Å². The van der Waals surface area contributed by atoms with E-state index in [0.717, 1.165) is 16.0 Å². The molecule has 0 aliphatic carbocycles. The Morgan fingerprint density at radius 3 is 2.77 bits per heavy atom. The van der Waals surface area contributed by atoms with E-state index in [2.05, 4.69) is 5.32 Å². The fourth-order valence-electron chi connectivity index (χ4n) is 2.20. The van der Waals surface area contributed by atoms with Crippen LogP contribution in [0.5, 0.6) is 5.75 Å². The van der Waals surface area contributed by atoms with Crippen molar-refractivity contribution in [2.75, 3.05) is 18.7 Å². The van der Waals surface area contributed by atoms with Gasteiger partial charge in [-0.2, -0.15) is 0 Å². The highest BCUT2D eigenvalue weighted by Gasteiger charge is 2.15. The molecule has 0 radical (unpaired) electrons. The third kappa shape index (κ3) is 2.80. The van der Waals surface area contributed by atoms with Crippen molar-refractivity contribution in [3.05, 3.63) is 54.3 Å². The van der Waals surface area contributed by atoms with Gasteiger partial charge in [-0.1, -0.05) is 18.2 Å². The average Bonchev–Trinajstić information content (AvgIpc) is 2.99. The molecule has 0 atom stereocenters. The minimum Gasteiger partial charge on any atom is -0.493 e. The maximum absolute atomic E-state index is 12.3. The number of fused-ring (bicyclic) bond motifs is 1. The molecule has 0 fully saturated rings. The van der Waals surface area contributed by atoms with Gasteiger partial charge in [0.05, 0.1) is 7.11 Å². The van der Waals surface area contributed by atoms with E-state index in [4.69, 9.17) is 9.15 Å². The molecule has 3 rings (SSSR count). The molecule has 1 N–H and O–H groups in total. The molecule has 0 bridgehead atoms. The predicted octanol–water partition coefficient (Wildman–Crippen LogP) is 4.42. The van der Waals surface area contributed by atoms with Gasteiger partial charge >= 0.3 is 0 Å². The first-order chi connectivity index (χ1) is 10.7. The summed E-state index contributed by atoms with van der Waals surface area (Å²) in [5.41, 5.74) is 1.32. The second-order valence-corrected chi connectivity index (χ2v) is 5.56. The molecule has 0 spiro atoms. The van der Waals surface area contributed by atoms with Crippen LogP contribution in [0.1, 0.15) is 10.6 Å². The number of benzene rings is 2. The van der Waals surface area contributed by atoms with Crippen LogP contribution in [0.25, 0.3) is 11.0 Å². The van der Waals surface area contributed by atoms with Crippen molar-refractivity contribution >= 4 is 34.3 Å². The molecule has 22 heavy (non-hydrogen) atoms. The van der Waals surface area contributed by atoms with Crippen molar-refractivity contribution in [1.29, 1.82) is 0 Å². The lowest BCUT2D eigenvalue weighted by molar-refractivity contribution is 0.0998. The van der Waals surface area contributed by atoms with E-state index in [0.29, 0.717) is 11.3 Å². The lowest BCUT2D eigenvalue weighted by Crippen LogP contribution is -2.10. The van der Waals surface area contributed by atoms with Crippen LogP contribution in [0.2, 0.25) is 0 Å². The fourth-order valence-corrected chi connectivity index (χ4v) is 2.66. The maximum Gasteiger partial charge on any atom is 0.291 e. The summed E-state index contributed by atoms with van der Waals surface area (Å²) in [7, 11) is 1.57. The Bertz CT molecular complexity index is 826. The number of ether oxygens (including phenoxy) is 1. The van der Waals surface area contributed by atoms with Gasteiger partial charge in [0.25, 0.3) is 5.91 Å². The van der Waals surface area contributed by atoms with Gasteiger partial charge in [0.2, 0.25) is 0 Å². The number of methoxy groups -OCH3 is 1. The number of thioether (sulfide) groups is 1. The summed E-state index contributed by atoms with van der Waals surface area (Å²) in [4.78, 5) is 13.4.